The van der Waals surface area contributed by atoms with Crippen molar-refractivity contribution in [1.82, 2.24) is 4.90 Å². The van der Waals surface area contributed by atoms with E-state index in [-0.39, 0.29) is 5.91 Å². The first kappa shape index (κ1) is 16.7. The van der Waals surface area contributed by atoms with E-state index >= 15 is 0 Å². The molecule has 2 aromatic carbocycles. The lowest BCUT2D eigenvalue weighted by Gasteiger charge is -2.32. The monoisotopic (exact) mass is 323 g/mol. The Morgan fingerprint density at radius 3 is 2.50 bits per heavy atom. The smallest absolute Gasteiger partial charge is 0.222 e. The van der Waals surface area contributed by atoms with Crippen LogP contribution in [0.5, 0.6) is 0 Å². The first-order valence-electron chi connectivity index (χ1n) is 8.73. The Kier molecular flexibility index (Phi) is 5.00. The molecule has 2 aromatic rings. The van der Waals surface area contributed by atoms with E-state index in [1.807, 2.05) is 54.3 Å². The highest BCUT2D eigenvalue weighted by Crippen LogP contribution is 2.34. The first-order valence-corrected chi connectivity index (χ1v) is 8.73. The predicted octanol–water partition coefficient (Wildman–Crippen LogP) is 3.96. The standard InChI is InChI=1S/C21H25NO2/c1-21(24,14-16-22-15-8-7-13-20(22)23)19-12-6-5-11-18(19)17-9-3-2-4-10-17/h2-6,9-12,24H,7-8,13-16H2,1H3. The van der Waals surface area contributed by atoms with Crippen LogP contribution in [0.2, 0.25) is 0 Å². The molecule has 0 aromatic heterocycles. The zero-order chi connectivity index (χ0) is 17.0. The quantitative estimate of drug-likeness (QED) is 0.904. The predicted molar refractivity (Wildman–Crippen MR) is 96.5 cm³/mol. The molecule has 1 heterocycles. The second kappa shape index (κ2) is 7.18. The van der Waals surface area contributed by atoms with Gasteiger partial charge in [-0.1, -0.05) is 54.6 Å². The molecular weight excluding hydrogens is 298 g/mol. The molecule has 1 N–H and O–H groups in total. The molecule has 1 aliphatic rings. The summed E-state index contributed by atoms with van der Waals surface area (Å²) in [6.07, 6.45) is 3.24. The minimum atomic E-state index is -0.968. The van der Waals surface area contributed by atoms with E-state index in [1.54, 1.807) is 0 Å². The molecule has 1 atom stereocenters. The maximum Gasteiger partial charge on any atom is 0.222 e. The number of carbonyl (C=O) groups excluding carboxylic acids is 1. The fourth-order valence-corrected chi connectivity index (χ4v) is 3.41. The number of hydrogen-bond acceptors (Lipinski definition) is 2. The van der Waals surface area contributed by atoms with E-state index in [1.165, 1.54) is 0 Å². The Bertz CT molecular complexity index is 694. The molecule has 0 aliphatic carbocycles. The number of benzene rings is 2. The Balaban J connectivity index is 1.81. The largest absolute Gasteiger partial charge is 0.385 e. The summed E-state index contributed by atoms with van der Waals surface area (Å²) in [5.74, 6) is 0.216. The van der Waals surface area contributed by atoms with Crippen LogP contribution in [0.25, 0.3) is 11.1 Å². The van der Waals surface area contributed by atoms with Crippen LogP contribution in [0.4, 0.5) is 0 Å². The molecule has 126 valence electrons. The lowest BCUT2D eigenvalue weighted by atomic mass is 9.86. The second-order valence-corrected chi connectivity index (χ2v) is 6.77. The molecule has 1 aliphatic heterocycles. The van der Waals surface area contributed by atoms with Gasteiger partial charge in [0.2, 0.25) is 5.91 Å². The molecule has 1 saturated heterocycles. The Labute approximate surface area is 143 Å². The summed E-state index contributed by atoms with van der Waals surface area (Å²) in [7, 11) is 0. The Hall–Kier alpha value is -2.13. The van der Waals surface area contributed by atoms with Crippen LogP contribution in [-0.4, -0.2) is 29.0 Å². The minimum absolute atomic E-state index is 0.216. The summed E-state index contributed by atoms with van der Waals surface area (Å²) in [6, 6.07) is 18.1. The molecule has 24 heavy (non-hydrogen) atoms. The number of piperidine rings is 1. The van der Waals surface area contributed by atoms with E-state index in [0.717, 1.165) is 36.1 Å². The molecule has 0 spiro atoms. The van der Waals surface area contributed by atoms with Crippen molar-refractivity contribution < 1.29 is 9.90 Å². The molecule has 1 fully saturated rings. The normalized spacial score (nSPS) is 17.6. The SMILES string of the molecule is CC(O)(CCN1CCCCC1=O)c1ccccc1-c1ccccc1. The average Bonchev–Trinajstić information content (AvgIpc) is 2.62. The lowest BCUT2D eigenvalue weighted by molar-refractivity contribution is -0.134. The Morgan fingerprint density at radius 1 is 1.04 bits per heavy atom. The van der Waals surface area contributed by atoms with Crippen molar-refractivity contribution >= 4 is 5.91 Å². The number of aliphatic hydroxyl groups is 1. The van der Waals surface area contributed by atoms with Gasteiger partial charge in [-0.15, -0.1) is 0 Å². The van der Waals surface area contributed by atoms with E-state index in [4.69, 9.17) is 0 Å². The molecule has 0 bridgehead atoms. The maximum atomic E-state index is 12.0. The summed E-state index contributed by atoms with van der Waals surface area (Å²) < 4.78 is 0. The van der Waals surface area contributed by atoms with Crippen LogP contribution in [0, 0.1) is 0 Å². The van der Waals surface area contributed by atoms with Gasteiger partial charge in [0.15, 0.2) is 0 Å². The maximum absolute atomic E-state index is 12.0. The minimum Gasteiger partial charge on any atom is -0.385 e. The molecule has 1 amide bonds. The van der Waals surface area contributed by atoms with Gasteiger partial charge in [0, 0.05) is 19.5 Å². The van der Waals surface area contributed by atoms with Gasteiger partial charge < -0.3 is 10.0 Å². The van der Waals surface area contributed by atoms with Crippen LogP contribution in [0.15, 0.2) is 54.6 Å². The number of carbonyl (C=O) groups is 1. The molecule has 3 heteroatoms. The van der Waals surface area contributed by atoms with Crippen LogP contribution in [-0.2, 0) is 10.4 Å². The highest BCUT2D eigenvalue weighted by atomic mass is 16.3. The third-order valence-corrected chi connectivity index (χ3v) is 4.88. The summed E-state index contributed by atoms with van der Waals surface area (Å²) in [5.41, 5.74) is 2.10. The van der Waals surface area contributed by atoms with Gasteiger partial charge in [-0.05, 0) is 42.9 Å². The average molecular weight is 323 g/mol. The van der Waals surface area contributed by atoms with Gasteiger partial charge in [-0.3, -0.25) is 4.79 Å². The molecule has 3 nitrogen and oxygen atoms in total. The van der Waals surface area contributed by atoms with E-state index in [9.17, 15) is 9.90 Å². The third-order valence-electron chi connectivity index (χ3n) is 4.88. The number of nitrogens with zero attached hydrogens (tertiary/aromatic N) is 1. The molecule has 1 unspecified atom stereocenters. The van der Waals surface area contributed by atoms with Crippen LogP contribution < -0.4 is 0 Å². The van der Waals surface area contributed by atoms with Gasteiger partial charge in [0.05, 0.1) is 5.60 Å². The van der Waals surface area contributed by atoms with Crippen molar-refractivity contribution in [1.29, 1.82) is 0 Å². The Morgan fingerprint density at radius 2 is 1.75 bits per heavy atom. The van der Waals surface area contributed by atoms with E-state index < -0.39 is 5.60 Å². The van der Waals surface area contributed by atoms with E-state index in [2.05, 4.69) is 12.1 Å². The summed E-state index contributed by atoms with van der Waals surface area (Å²) in [4.78, 5) is 13.9. The van der Waals surface area contributed by atoms with Crippen molar-refractivity contribution in [3.63, 3.8) is 0 Å². The zero-order valence-corrected chi connectivity index (χ0v) is 14.2. The summed E-state index contributed by atoms with van der Waals surface area (Å²) in [5, 5.41) is 11.1. The summed E-state index contributed by atoms with van der Waals surface area (Å²) >= 11 is 0. The van der Waals surface area contributed by atoms with Gasteiger partial charge in [0.1, 0.15) is 0 Å². The van der Waals surface area contributed by atoms with Gasteiger partial charge in [0.25, 0.3) is 0 Å². The van der Waals surface area contributed by atoms with Gasteiger partial charge in [-0.2, -0.15) is 0 Å². The number of rotatable bonds is 5. The highest BCUT2D eigenvalue weighted by Gasteiger charge is 2.28. The molecule has 0 saturated carbocycles. The highest BCUT2D eigenvalue weighted by molar-refractivity contribution is 5.76. The number of amides is 1. The lowest BCUT2D eigenvalue weighted by Crippen LogP contribution is -2.38. The fourth-order valence-electron chi connectivity index (χ4n) is 3.41. The molecule has 0 radical (unpaired) electrons. The van der Waals surface area contributed by atoms with Crippen molar-refractivity contribution in [3.8, 4) is 11.1 Å². The third kappa shape index (κ3) is 3.68. The second-order valence-electron chi connectivity index (χ2n) is 6.77. The zero-order valence-electron chi connectivity index (χ0n) is 14.2. The molecular formula is C21H25NO2. The van der Waals surface area contributed by atoms with Gasteiger partial charge >= 0.3 is 0 Å². The molecule has 3 rings (SSSR count). The first-order chi connectivity index (χ1) is 11.6. The van der Waals surface area contributed by atoms with Crippen LogP contribution in [0.3, 0.4) is 0 Å². The van der Waals surface area contributed by atoms with E-state index in [0.29, 0.717) is 19.4 Å². The van der Waals surface area contributed by atoms with Crippen molar-refractivity contribution in [2.45, 2.75) is 38.2 Å². The number of likely N-dealkylation sites (tertiary alicyclic amines) is 1. The van der Waals surface area contributed by atoms with Crippen molar-refractivity contribution in [2.24, 2.45) is 0 Å². The van der Waals surface area contributed by atoms with Crippen molar-refractivity contribution in [3.05, 3.63) is 60.2 Å². The topological polar surface area (TPSA) is 40.5 Å². The summed E-state index contributed by atoms with van der Waals surface area (Å²) in [6.45, 7) is 3.27. The van der Waals surface area contributed by atoms with Crippen LogP contribution in [0.1, 0.15) is 38.2 Å². The number of hydrogen-bond donors (Lipinski definition) is 1. The van der Waals surface area contributed by atoms with Gasteiger partial charge in [-0.25, -0.2) is 0 Å². The van der Waals surface area contributed by atoms with Crippen LogP contribution >= 0.6 is 0 Å². The fraction of sp³-hybridized carbons (Fsp3) is 0.381. The van der Waals surface area contributed by atoms with Crippen molar-refractivity contribution in [2.75, 3.05) is 13.1 Å².